The van der Waals surface area contributed by atoms with Gasteiger partial charge in [0.25, 0.3) is 0 Å². The number of ether oxygens (including phenoxy) is 1. The van der Waals surface area contributed by atoms with Gasteiger partial charge in [0, 0.05) is 25.8 Å². The van der Waals surface area contributed by atoms with Gasteiger partial charge in [0.05, 0.1) is 5.69 Å². The quantitative estimate of drug-likeness (QED) is 0.837. The van der Waals surface area contributed by atoms with Crippen LogP contribution in [0.1, 0.15) is 11.3 Å². The molecule has 0 aliphatic rings. The second-order valence-electron chi connectivity index (χ2n) is 4.76. The average molecular weight is 271 g/mol. The highest BCUT2D eigenvalue weighted by molar-refractivity contribution is 5.27. The summed E-state index contributed by atoms with van der Waals surface area (Å²) in [5, 5.41) is 0. The number of nitrogens with zero attached hydrogens (tertiary/aromatic N) is 2. The topological polar surface area (TPSA) is 51.4 Å². The van der Waals surface area contributed by atoms with Gasteiger partial charge in [-0.3, -0.25) is 9.88 Å². The maximum Gasteiger partial charge on any atom is 0.119 e. The van der Waals surface area contributed by atoms with Gasteiger partial charge >= 0.3 is 0 Å². The molecule has 0 saturated heterocycles. The van der Waals surface area contributed by atoms with Crippen molar-refractivity contribution >= 4 is 0 Å². The van der Waals surface area contributed by atoms with E-state index in [1.54, 1.807) is 0 Å². The first-order chi connectivity index (χ1) is 9.78. The zero-order valence-corrected chi connectivity index (χ0v) is 11.8. The summed E-state index contributed by atoms with van der Waals surface area (Å²) in [6, 6.07) is 13.9. The first-order valence-corrected chi connectivity index (χ1v) is 6.78. The van der Waals surface area contributed by atoms with E-state index >= 15 is 0 Å². The number of pyridine rings is 1. The van der Waals surface area contributed by atoms with Crippen LogP contribution in [0.5, 0.6) is 5.75 Å². The fourth-order valence-corrected chi connectivity index (χ4v) is 1.89. The van der Waals surface area contributed by atoms with Crippen molar-refractivity contribution < 1.29 is 4.74 Å². The van der Waals surface area contributed by atoms with Crippen molar-refractivity contribution in [1.82, 2.24) is 9.88 Å². The van der Waals surface area contributed by atoms with Crippen molar-refractivity contribution in [2.75, 3.05) is 20.2 Å². The van der Waals surface area contributed by atoms with Crippen LogP contribution in [-0.2, 0) is 13.1 Å². The molecule has 1 aromatic heterocycles. The standard InChI is InChI=1S/C16H21N3O/c1-19(13-15-4-2-3-9-18-15)10-11-20-16-7-5-14(12-17)6-8-16/h2-9H,10-13,17H2,1H3. The second-order valence-corrected chi connectivity index (χ2v) is 4.76. The first-order valence-electron chi connectivity index (χ1n) is 6.78. The number of aromatic nitrogens is 1. The number of likely N-dealkylation sites (N-methyl/N-ethyl adjacent to an activating group) is 1. The second kappa shape index (κ2) is 7.62. The van der Waals surface area contributed by atoms with Gasteiger partial charge in [-0.05, 0) is 36.9 Å². The zero-order chi connectivity index (χ0) is 14.2. The Bertz CT molecular complexity index is 499. The molecule has 4 heteroatoms. The summed E-state index contributed by atoms with van der Waals surface area (Å²) in [7, 11) is 2.07. The Morgan fingerprint density at radius 1 is 1.15 bits per heavy atom. The lowest BCUT2D eigenvalue weighted by Crippen LogP contribution is -2.24. The van der Waals surface area contributed by atoms with E-state index < -0.39 is 0 Å². The molecule has 0 aliphatic heterocycles. The molecule has 0 fully saturated rings. The molecule has 0 atom stereocenters. The van der Waals surface area contributed by atoms with E-state index in [1.807, 2.05) is 48.7 Å². The Hall–Kier alpha value is -1.91. The van der Waals surface area contributed by atoms with Gasteiger partial charge in [-0.2, -0.15) is 0 Å². The highest BCUT2D eigenvalue weighted by Crippen LogP contribution is 2.11. The molecule has 0 aliphatic carbocycles. The van der Waals surface area contributed by atoms with Crippen molar-refractivity contribution in [3.63, 3.8) is 0 Å². The van der Waals surface area contributed by atoms with E-state index in [0.717, 1.165) is 30.1 Å². The molecule has 2 rings (SSSR count). The summed E-state index contributed by atoms with van der Waals surface area (Å²) in [5.41, 5.74) is 7.75. The minimum atomic E-state index is 0.563. The van der Waals surface area contributed by atoms with Crippen LogP contribution in [0.3, 0.4) is 0 Å². The molecule has 20 heavy (non-hydrogen) atoms. The van der Waals surface area contributed by atoms with E-state index in [9.17, 15) is 0 Å². The van der Waals surface area contributed by atoms with Crippen molar-refractivity contribution in [3.05, 3.63) is 59.9 Å². The normalized spacial score (nSPS) is 10.8. The lowest BCUT2D eigenvalue weighted by atomic mass is 10.2. The number of benzene rings is 1. The molecule has 0 saturated carbocycles. The maximum absolute atomic E-state index is 5.71. The highest BCUT2D eigenvalue weighted by Gasteiger charge is 2.01. The summed E-state index contributed by atoms with van der Waals surface area (Å²) < 4.78 is 5.71. The van der Waals surface area contributed by atoms with Crippen LogP contribution in [-0.4, -0.2) is 30.1 Å². The maximum atomic E-state index is 5.71. The van der Waals surface area contributed by atoms with E-state index in [2.05, 4.69) is 16.9 Å². The third-order valence-electron chi connectivity index (χ3n) is 3.06. The minimum Gasteiger partial charge on any atom is -0.492 e. The Morgan fingerprint density at radius 2 is 1.95 bits per heavy atom. The molecular weight excluding hydrogens is 250 g/mol. The summed E-state index contributed by atoms with van der Waals surface area (Å²) in [6.45, 7) is 2.91. The molecule has 2 aromatic rings. The Kier molecular flexibility index (Phi) is 5.53. The summed E-state index contributed by atoms with van der Waals surface area (Å²) in [4.78, 5) is 6.50. The van der Waals surface area contributed by atoms with Crippen LogP contribution in [0.4, 0.5) is 0 Å². The summed E-state index contributed by atoms with van der Waals surface area (Å²) >= 11 is 0. The molecular formula is C16H21N3O. The van der Waals surface area contributed by atoms with Crippen molar-refractivity contribution in [2.45, 2.75) is 13.1 Å². The van der Waals surface area contributed by atoms with E-state index in [0.29, 0.717) is 13.2 Å². The smallest absolute Gasteiger partial charge is 0.119 e. The van der Waals surface area contributed by atoms with E-state index in [1.165, 1.54) is 0 Å². The molecule has 4 nitrogen and oxygen atoms in total. The Labute approximate surface area is 120 Å². The van der Waals surface area contributed by atoms with E-state index in [-0.39, 0.29) is 0 Å². The molecule has 2 N–H and O–H groups in total. The number of rotatable bonds is 7. The summed E-state index contributed by atoms with van der Waals surface area (Å²) in [6.07, 6.45) is 1.82. The number of hydrogen-bond acceptors (Lipinski definition) is 4. The SMILES string of the molecule is CN(CCOc1ccc(CN)cc1)Cc1ccccn1. The van der Waals surface area contributed by atoms with Gasteiger partial charge in [-0.1, -0.05) is 18.2 Å². The lowest BCUT2D eigenvalue weighted by Gasteiger charge is -2.16. The van der Waals surface area contributed by atoms with E-state index in [4.69, 9.17) is 10.5 Å². The highest BCUT2D eigenvalue weighted by atomic mass is 16.5. The molecule has 106 valence electrons. The van der Waals surface area contributed by atoms with Crippen molar-refractivity contribution in [2.24, 2.45) is 5.73 Å². The van der Waals surface area contributed by atoms with Gasteiger partial charge < -0.3 is 10.5 Å². The van der Waals surface area contributed by atoms with Gasteiger partial charge in [-0.25, -0.2) is 0 Å². The van der Waals surface area contributed by atoms with Crippen molar-refractivity contribution in [1.29, 1.82) is 0 Å². The molecule has 0 unspecified atom stereocenters. The Morgan fingerprint density at radius 3 is 2.60 bits per heavy atom. The molecule has 0 bridgehead atoms. The van der Waals surface area contributed by atoms with Gasteiger partial charge in [0.1, 0.15) is 12.4 Å². The largest absolute Gasteiger partial charge is 0.492 e. The van der Waals surface area contributed by atoms with Gasteiger partial charge in [0.15, 0.2) is 0 Å². The molecule has 1 heterocycles. The van der Waals surface area contributed by atoms with Gasteiger partial charge in [0.2, 0.25) is 0 Å². The van der Waals surface area contributed by atoms with Gasteiger partial charge in [-0.15, -0.1) is 0 Å². The molecule has 1 aromatic carbocycles. The first kappa shape index (κ1) is 14.5. The van der Waals surface area contributed by atoms with Crippen LogP contribution >= 0.6 is 0 Å². The monoisotopic (exact) mass is 271 g/mol. The predicted molar refractivity (Wildman–Crippen MR) is 80.4 cm³/mol. The third-order valence-corrected chi connectivity index (χ3v) is 3.06. The van der Waals surface area contributed by atoms with Crippen LogP contribution < -0.4 is 10.5 Å². The fourth-order valence-electron chi connectivity index (χ4n) is 1.89. The minimum absolute atomic E-state index is 0.563. The van der Waals surface area contributed by atoms with Crippen LogP contribution in [0.15, 0.2) is 48.7 Å². The number of nitrogens with two attached hydrogens (primary N) is 1. The zero-order valence-electron chi connectivity index (χ0n) is 11.8. The Balaban J connectivity index is 1.72. The number of hydrogen-bond donors (Lipinski definition) is 1. The van der Waals surface area contributed by atoms with Crippen LogP contribution in [0, 0.1) is 0 Å². The lowest BCUT2D eigenvalue weighted by molar-refractivity contribution is 0.231. The van der Waals surface area contributed by atoms with Crippen LogP contribution in [0.2, 0.25) is 0 Å². The van der Waals surface area contributed by atoms with Crippen LogP contribution in [0.25, 0.3) is 0 Å². The third kappa shape index (κ3) is 4.64. The summed E-state index contributed by atoms with van der Waals surface area (Å²) in [5.74, 6) is 0.883. The predicted octanol–water partition coefficient (Wildman–Crippen LogP) is 2.05. The molecule has 0 amide bonds. The molecule has 0 radical (unpaired) electrons. The fraction of sp³-hybridized carbons (Fsp3) is 0.312. The molecule has 0 spiro atoms. The average Bonchev–Trinajstić information content (AvgIpc) is 2.49. The van der Waals surface area contributed by atoms with Crippen molar-refractivity contribution in [3.8, 4) is 5.75 Å².